The number of aromatic nitrogens is 1. The molecule has 3 rings (SSSR count). The maximum absolute atomic E-state index is 12.1. The summed E-state index contributed by atoms with van der Waals surface area (Å²) in [4.78, 5) is 16.6. The molecular weight excluding hydrogens is 328 g/mol. The van der Waals surface area contributed by atoms with Gasteiger partial charge in [0.15, 0.2) is 0 Å². The number of thiazole rings is 1. The molecule has 1 aromatic heterocycles. The van der Waals surface area contributed by atoms with Crippen molar-refractivity contribution in [2.75, 3.05) is 5.32 Å². The molecule has 0 fully saturated rings. The molecule has 0 spiro atoms. The van der Waals surface area contributed by atoms with Gasteiger partial charge in [-0.25, -0.2) is 4.98 Å². The van der Waals surface area contributed by atoms with E-state index in [4.69, 9.17) is 11.6 Å². The van der Waals surface area contributed by atoms with Crippen molar-refractivity contribution in [1.82, 2.24) is 4.98 Å². The number of carbonyl (C=O) groups is 1. The number of rotatable bonds is 4. The predicted molar refractivity (Wildman–Crippen MR) is 96.1 cm³/mol. The van der Waals surface area contributed by atoms with Gasteiger partial charge in [-0.2, -0.15) is 0 Å². The van der Waals surface area contributed by atoms with Crippen LogP contribution in [0.5, 0.6) is 0 Å². The summed E-state index contributed by atoms with van der Waals surface area (Å²) >= 11 is 7.41. The van der Waals surface area contributed by atoms with Crippen molar-refractivity contribution in [2.45, 2.75) is 13.3 Å². The van der Waals surface area contributed by atoms with Crippen LogP contribution >= 0.6 is 22.9 Å². The quantitative estimate of drug-likeness (QED) is 0.728. The van der Waals surface area contributed by atoms with Crippen LogP contribution in [0.1, 0.15) is 11.3 Å². The summed E-state index contributed by atoms with van der Waals surface area (Å²) in [6, 6.07) is 15.3. The summed E-state index contributed by atoms with van der Waals surface area (Å²) < 4.78 is 0. The molecule has 23 heavy (non-hydrogen) atoms. The van der Waals surface area contributed by atoms with Gasteiger partial charge in [0.2, 0.25) is 5.91 Å². The summed E-state index contributed by atoms with van der Waals surface area (Å²) in [5.74, 6) is -0.0678. The van der Waals surface area contributed by atoms with Crippen molar-refractivity contribution >= 4 is 34.5 Å². The smallest absolute Gasteiger partial charge is 0.230 e. The van der Waals surface area contributed by atoms with E-state index in [1.807, 2.05) is 60.8 Å². The number of halogens is 1. The van der Waals surface area contributed by atoms with Crippen LogP contribution in [-0.2, 0) is 11.2 Å². The minimum atomic E-state index is -0.0678. The second kappa shape index (κ2) is 6.94. The lowest BCUT2D eigenvalue weighted by molar-refractivity contribution is -0.115. The van der Waals surface area contributed by atoms with E-state index in [0.29, 0.717) is 5.02 Å². The number of anilines is 1. The monoisotopic (exact) mass is 342 g/mol. The maximum atomic E-state index is 12.1. The van der Waals surface area contributed by atoms with Crippen LogP contribution in [-0.4, -0.2) is 10.9 Å². The number of aryl methyl sites for hydroxylation is 1. The fourth-order valence-corrected chi connectivity index (χ4v) is 3.07. The van der Waals surface area contributed by atoms with E-state index in [9.17, 15) is 4.79 Å². The standard InChI is InChI=1S/C18H15ClN2OS/c1-12-2-8-15(9-3-12)20-17(22)10-16-11-23-18(21-16)13-4-6-14(19)7-5-13/h2-9,11H,10H2,1H3,(H,20,22). The normalized spacial score (nSPS) is 10.5. The molecule has 0 unspecified atom stereocenters. The zero-order valence-electron chi connectivity index (χ0n) is 12.5. The Bertz CT molecular complexity index is 810. The zero-order valence-corrected chi connectivity index (χ0v) is 14.1. The first-order chi connectivity index (χ1) is 11.1. The van der Waals surface area contributed by atoms with Crippen molar-refractivity contribution in [3.05, 3.63) is 70.2 Å². The average molecular weight is 343 g/mol. The van der Waals surface area contributed by atoms with Gasteiger partial charge in [0.1, 0.15) is 5.01 Å². The molecule has 3 nitrogen and oxygen atoms in total. The molecule has 0 atom stereocenters. The number of carbonyl (C=O) groups excluding carboxylic acids is 1. The third kappa shape index (κ3) is 4.18. The van der Waals surface area contributed by atoms with Gasteiger partial charge < -0.3 is 5.32 Å². The van der Waals surface area contributed by atoms with Crippen molar-refractivity contribution in [2.24, 2.45) is 0 Å². The second-order valence-electron chi connectivity index (χ2n) is 5.24. The highest BCUT2D eigenvalue weighted by Crippen LogP contribution is 2.25. The van der Waals surface area contributed by atoms with Crippen LogP contribution < -0.4 is 5.32 Å². The Morgan fingerprint density at radius 1 is 1.13 bits per heavy atom. The fraction of sp³-hybridized carbons (Fsp3) is 0.111. The molecular formula is C18H15ClN2OS. The molecule has 1 heterocycles. The Hall–Kier alpha value is -2.17. The molecule has 0 radical (unpaired) electrons. The van der Waals surface area contributed by atoms with Crippen molar-refractivity contribution in [3.8, 4) is 10.6 Å². The van der Waals surface area contributed by atoms with Gasteiger partial charge in [-0.15, -0.1) is 11.3 Å². The number of amides is 1. The molecule has 0 bridgehead atoms. The molecule has 116 valence electrons. The van der Waals surface area contributed by atoms with Gasteiger partial charge in [0.05, 0.1) is 12.1 Å². The molecule has 3 aromatic rings. The molecule has 0 saturated carbocycles. The van der Waals surface area contributed by atoms with Gasteiger partial charge >= 0.3 is 0 Å². The zero-order chi connectivity index (χ0) is 16.2. The van der Waals surface area contributed by atoms with Gasteiger partial charge in [-0.1, -0.05) is 41.4 Å². The summed E-state index contributed by atoms with van der Waals surface area (Å²) in [5, 5.41) is 6.38. The number of nitrogens with zero attached hydrogens (tertiary/aromatic N) is 1. The molecule has 0 aliphatic rings. The summed E-state index contributed by atoms with van der Waals surface area (Å²) in [5.41, 5.74) is 3.73. The summed E-state index contributed by atoms with van der Waals surface area (Å²) in [7, 11) is 0. The predicted octanol–water partition coefficient (Wildman–Crippen LogP) is 4.95. The largest absolute Gasteiger partial charge is 0.326 e. The highest BCUT2D eigenvalue weighted by Gasteiger charge is 2.09. The molecule has 0 saturated heterocycles. The van der Waals surface area contributed by atoms with Gasteiger partial charge in [-0.05, 0) is 31.2 Å². The minimum Gasteiger partial charge on any atom is -0.326 e. The van der Waals surface area contributed by atoms with E-state index in [2.05, 4.69) is 10.3 Å². The maximum Gasteiger partial charge on any atom is 0.230 e. The van der Waals surface area contributed by atoms with Crippen LogP contribution in [0.25, 0.3) is 10.6 Å². The van der Waals surface area contributed by atoms with Crippen LogP contribution in [0.2, 0.25) is 5.02 Å². The Labute approximate surface area is 144 Å². The van der Waals surface area contributed by atoms with E-state index >= 15 is 0 Å². The minimum absolute atomic E-state index is 0.0678. The number of hydrogen-bond acceptors (Lipinski definition) is 3. The molecule has 5 heteroatoms. The molecule has 0 aliphatic carbocycles. The summed E-state index contributed by atoms with van der Waals surface area (Å²) in [6.45, 7) is 2.01. The second-order valence-corrected chi connectivity index (χ2v) is 6.54. The Morgan fingerprint density at radius 2 is 1.83 bits per heavy atom. The third-order valence-corrected chi connectivity index (χ3v) is 4.51. The first-order valence-electron chi connectivity index (χ1n) is 7.17. The van der Waals surface area contributed by atoms with E-state index in [0.717, 1.165) is 27.5 Å². The van der Waals surface area contributed by atoms with Crippen LogP contribution in [0.3, 0.4) is 0 Å². The van der Waals surface area contributed by atoms with Crippen LogP contribution in [0, 0.1) is 6.92 Å². The summed E-state index contributed by atoms with van der Waals surface area (Å²) in [6.07, 6.45) is 0.262. The highest BCUT2D eigenvalue weighted by atomic mass is 35.5. The lowest BCUT2D eigenvalue weighted by Crippen LogP contribution is -2.14. The van der Waals surface area contributed by atoms with Gasteiger partial charge in [0.25, 0.3) is 0 Å². The average Bonchev–Trinajstić information content (AvgIpc) is 2.98. The number of hydrogen-bond donors (Lipinski definition) is 1. The number of nitrogens with one attached hydrogen (secondary N) is 1. The van der Waals surface area contributed by atoms with E-state index in [1.165, 1.54) is 11.3 Å². The first-order valence-corrected chi connectivity index (χ1v) is 8.43. The van der Waals surface area contributed by atoms with Crippen molar-refractivity contribution in [3.63, 3.8) is 0 Å². The Balaban J connectivity index is 1.65. The van der Waals surface area contributed by atoms with Gasteiger partial charge in [0, 0.05) is 21.7 Å². The first kappa shape index (κ1) is 15.7. The highest BCUT2D eigenvalue weighted by molar-refractivity contribution is 7.13. The Kier molecular flexibility index (Phi) is 4.74. The van der Waals surface area contributed by atoms with E-state index in [-0.39, 0.29) is 12.3 Å². The van der Waals surface area contributed by atoms with Gasteiger partial charge in [-0.3, -0.25) is 4.79 Å². The van der Waals surface area contributed by atoms with Crippen LogP contribution in [0.4, 0.5) is 5.69 Å². The van der Waals surface area contributed by atoms with Crippen LogP contribution in [0.15, 0.2) is 53.9 Å². The van der Waals surface area contributed by atoms with E-state index < -0.39 is 0 Å². The van der Waals surface area contributed by atoms with Crippen molar-refractivity contribution < 1.29 is 4.79 Å². The SMILES string of the molecule is Cc1ccc(NC(=O)Cc2csc(-c3ccc(Cl)cc3)n2)cc1. The molecule has 2 aromatic carbocycles. The lowest BCUT2D eigenvalue weighted by Gasteiger charge is -2.04. The Morgan fingerprint density at radius 3 is 2.52 bits per heavy atom. The number of benzene rings is 2. The molecule has 0 aliphatic heterocycles. The molecule has 1 amide bonds. The third-order valence-electron chi connectivity index (χ3n) is 3.32. The topological polar surface area (TPSA) is 42.0 Å². The fourth-order valence-electron chi connectivity index (χ4n) is 2.12. The lowest BCUT2D eigenvalue weighted by atomic mass is 10.2. The van der Waals surface area contributed by atoms with Crippen molar-refractivity contribution in [1.29, 1.82) is 0 Å². The molecule has 1 N–H and O–H groups in total. The van der Waals surface area contributed by atoms with E-state index in [1.54, 1.807) is 0 Å².